The molecule has 0 aliphatic heterocycles. The van der Waals surface area contributed by atoms with Gasteiger partial charge in [0, 0.05) is 19.1 Å². The molecule has 136 valence electrons. The number of hydrogen-bond acceptors (Lipinski definition) is 3. The molecular weight excluding hydrogens is 302 g/mol. The van der Waals surface area contributed by atoms with Gasteiger partial charge in [0.05, 0.1) is 7.11 Å². The molecule has 0 heterocycles. The first-order chi connectivity index (χ1) is 11.5. The fraction of sp³-hybridized carbons (Fsp3) is 0.632. The van der Waals surface area contributed by atoms with Crippen LogP contribution in [0.25, 0.3) is 0 Å². The van der Waals surface area contributed by atoms with Crippen molar-refractivity contribution >= 4 is 5.96 Å². The van der Waals surface area contributed by atoms with E-state index in [9.17, 15) is 5.11 Å². The zero-order valence-corrected chi connectivity index (χ0v) is 15.7. The van der Waals surface area contributed by atoms with Gasteiger partial charge in [-0.05, 0) is 56.7 Å². The lowest BCUT2D eigenvalue weighted by Crippen LogP contribution is -2.42. The molecule has 0 saturated heterocycles. The van der Waals surface area contributed by atoms with Gasteiger partial charge in [-0.1, -0.05) is 19.9 Å². The van der Waals surface area contributed by atoms with Crippen LogP contribution in [-0.2, 0) is 6.42 Å². The van der Waals surface area contributed by atoms with Crippen LogP contribution >= 0.6 is 0 Å². The monoisotopic (exact) mass is 335 g/mol. The maximum absolute atomic E-state index is 9.63. The lowest BCUT2D eigenvalue weighted by molar-refractivity contribution is 0.373. The van der Waals surface area contributed by atoms with E-state index in [1.165, 1.54) is 6.42 Å². The number of guanidine groups is 1. The average Bonchev–Trinajstić information content (AvgIpc) is 2.54. The third kappa shape index (κ3) is 7.57. The molecule has 0 saturated carbocycles. The fourth-order valence-electron chi connectivity index (χ4n) is 2.38. The van der Waals surface area contributed by atoms with Gasteiger partial charge >= 0.3 is 0 Å². The molecule has 0 aliphatic carbocycles. The summed E-state index contributed by atoms with van der Waals surface area (Å²) in [6.45, 7) is 10.3. The number of aromatic hydroxyl groups is 1. The van der Waals surface area contributed by atoms with Gasteiger partial charge in [0.2, 0.25) is 0 Å². The van der Waals surface area contributed by atoms with Gasteiger partial charge < -0.3 is 20.5 Å². The van der Waals surface area contributed by atoms with Gasteiger partial charge in [-0.15, -0.1) is 0 Å². The second kappa shape index (κ2) is 10.8. The van der Waals surface area contributed by atoms with E-state index in [1.54, 1.807) is 13.2 Å². The van der Waals surface area contributed by atoms with E-state index in [4.69, 9.17) is 4.74 Å². The van der Waals surface area contributed by atoms with Crippen molar-refractivity contribution in [2.75, 3.05) is 20.2 Å². The predicted molar refractivity (Wildman–Crippen MR) is 101 cm³/mol. The van der Waals surface area contributed by atoms with Gasteiger partial charge in [0.1, 0.15) is 0 Å². The molecule has 1 aromatic carbocycles. The minimum Gasteiger partial charge on any atom is -0.504 e. The Hall–Kier alpha value is -1.91. The van der Waals surface area contributed by atoms with Crippen LogP contribution in [0.1, 0.15) is 46.1 Å². The first kappa shape index (κ1) is 20.1. The number of nitrogens with zero attached hydrogens (tertiary/aromatic N) is 1. The summed E-state index contributed by atoms with van der Waals surface area (Å²) in [5.74, 6) is 2.25. The minimum atomic E-state index is 0.165. The molecule has 1 rings (SSSR count). The SMILES string of the molecule is CCNC(=NCCc1ccc(O)c(OC)c1)NC(C)CCC(C)C. The maximum atomic E-state index is 9.63. The molecule has 24 heavy (non-hydrogen) atoms. The van der Waals surface area contributed by atoms with Crippen LogP contribution in [0.2, 0.25) is 0 Å². The first-order valence-electron chi connectivity index (χ1n) is 8.87. The second-order valence-electron chi connectivity index (χ2n) is 6.53. The Bertz CT molecular complexity index is 515. The standard InChI is InChI=1S/C19H33N3O2/c1-6-20-19(22-15(4)8-7-14(2)3)21-12-11-16-9-10-17(23)18(13-16)24-5/h9-10,13-15,23H,6-8,11-12H2,1-5H3,(H2,20,21,22). The van der Waals surface area contributed by atoms with E-state index >= 15 is 0 Å². The van der Waals surface area contributed by atoms with Crippen LogP contribution in [0.3, 0.4) is 0 Å². The smallest absolute Gasteiger partial charge is 0.191 e. The van der Waals surface area contributed by atoms with Crippen LogP contribution in [-0.4, -0.2) is 37.3 Å². The molecule has 0 radical (unpaired) electrons. The Morgan fingerprint density at radius 3 is 2.62 bits per heavy atom. The van der Waals surface area contributed by atoms with Gasteiger partial charge in [-0.3, -0.25) is 4.99 Å². The summed E-state index contributed by atoms with van der Waals surface area (Å²) in [7, 11) is 1.56. The maximum Gasteiger partial charge on any atom is 0.191 e. The number of aliphatic imine (C=N–C) groups is 1. The van der Waals surface area contributed by atoms with Crippen molar-refractivity contribution < 1.29 is 9.84 Å². The fourth-order valence-corrected chi connectivity index (χ4v) is 2.38. The molecule has 0 fully saturated rings. The van der Waals surface area contributed by atoms with Crippen molar-refractivity contribution in [2.45, 2.75) is 53.0 Å². The molecular formula is C19H33N3O2. The summed E-state index contributed by atoms with van der Waals surface area (Å²) in [6, 6.07) is 5.82. The van der Waals surface area contributed by atoms with E-state index in [2.05, 4.69) is 43.3 Å². The molecule has 1 unspecified atom stereocenters. The first-order valence-corrected chi connectivity index (χ1v) is 8.87. The average molecular weight is 335 g/mol. The highest BCUT2D eigenvalue weighted by Crippen LogP contribution is 2.26. The molecule has 0 amide bonds. The van der Waals surface area contributed by atoms with E-state index in [0.29, 0.717) is 18.3 Å². The Morgan fingerprint density at radius 2 is 2.00 bits per heavy atom. The van der Waals surface area contributed by atoms with Crippen molar-refractivity contribution in [1.82, 2.24) is 10.6 Å². The summed E-state index contributed by atoms with van der Waals surface area (Å²) in [6.07, 6.45) is 3.14. The molecule has 5 nitrogen and oxygen atoms in total. The summed E-state index contributed by atoms with van der Waals surface area (Å²) in [5, 5.41) is 16.4. The number of benzene rings is 1. The Balaban J connectivity index is 2.56. The molecule has 0 aromatic heterocycles. The Morgan fingerprint density at radius 1 is 1.25 bits per heavy atom. The van der Waals surface area contributed by atoms with Crippen molar-refractivity contribution in [3.63, 3.8) is 0 Å². The number of rotatable bonds is 9. The number of phenolic OH excluding ortho intramolecular Hbond substituents is 1. The molecule has 1 aromatic rings. The minimum absolute atomic E-state index is 0.165. The van der Waals surface area contributed by atoms with Crippen LogP contribution in [0.4, 0.5) is 0 Å². The van der Waals surface area contributed by atoms with Crippen molar-refractivity contribution in [3.8, 4) is 11.5 Å². The van der Waals surface area contributed by atoms with Crippen LogP contribution in [0.5, 0.6) is 11.5 Å². The number of phenols is 1. The highest BCUT2D eigenvalue weighted by molar-refractivity contribution is 5.80. The normalized spacial score (nSPS) is 13.0. The third-order valence-electron chi connectivity index (χ3n) is 3.82. The largest absolute Gasteiger partial charge is 0.504 e. The summed E-state index contributed by atoms with van der Waals surface area (Å²) in [5.41, 5.74) is 1.09. The van der Waals surface area contributed by atoms with Crippen LogP contribution in [0, 0.1) is 5.92 Å². The number of ether oxygens (including phenoxy) is 1. The lowest BCUT2D eigenvalue weighted by atomic mass is 10.0. The molecule has 0 spiro atoms. The number of nitrogens with one attached hydrogen (secondary N) is 2. The van der Waals surface area contributed by atoms with Crippen LogP contribution in [0.15, 0.2) is 23.2 Å². The van der Waals surface area contributed by atoms with Gasteiger partial charge in [-0.2, -0.15) is 0 Å². The lowest BCUT2D eigenvalue weighted by Gasteiger charge is -2.18. The Labute approximate surface area is 146 Å². The van der Waals surface area contributed by atoms with E-state index < -0.39 is 0 Å². The van der Waals surface area contributed by atoms with Gasteiger partial charge in [0.15, 0.2) is 17.5 Å². The van der Waals surface area contributed by atoms with E-state index in [1.807, 2.05) is 12.1 Å². The quantitative estimate of drug-likeness (QED) is 0.478. The topological polar surface area (TPSA) is 65.9 Å². The number of hydrogen-bond donors (Lipinski definition) is 3. The summed E-state index contributed by atoms with van der Waals surface area (Å²) in [4.78, 5) is 4.64. The second-order valence-corrected chi connectivity index (χ2v) is 6.53. The number of methoxy groups -OCH3 is 1. The summed E-state index contributed by atoms with van der Waals surface area (Å²) >= 11 is 0. The molecule has 0 bridgehead atoms. The van der Waals surface area contributed by atoms with E-state index in [0.717, 1.165) is 36.8 Å². The van der Waals surface area contributed by atoms with Gasteiger partial charge in [-0.25, -0.2) is 0 Å². The molecule has 0 aliphatic rings. The predicted octanol–water partition coefficient (Wildman–Crippen LogP) is 3.32. The van der Waals surface area contributed by atoms with Crippen molar-refractivity contribution in [3.05, 3.63) is 23.8 Å². The zero-order chi connectivity index (χ0) is 17.9. The molecule has 5 heteroatoms. The van der Waals surface area contributed by atoms with Crippen molar-refractivity contribution in [2.24, 2.45) is 10.9 Å². The van der Waals surface area contributed by atoms with E-state index in [-0.39, 0.29) is 5.75 Å². The summed E-state index contributed by atoms with van der Waals surface area (Å²) < 4.78 is 5.14. The van der Waals surface area contributed by atoms with Crippen LogP contribution < -0.4 is 15.4 Å². The Kier molecular flexibility index (Phi) is 9.05. The third-order valence-corrected chi connectivity index (χ3v) is 3.82. The highest BCUT2D eigenvalue weighted by Gasteiger charge is 2.07. The van der Waals surface area contributed by atoms with Crippen molar-refractivity contribution in [1.29, 1.82) is 0 Å². The zero-order valence-electron chi connectivity index (χ0n) is 15.7. The van der Waals surface area contributed by atoms with Gasteiger partial charge in [0.25, 0.3) is 0 Å². The highest BCUT2D eigenvalue weighted by atomic mass is 16.5. The molecule has 1 atom stereocenters. The molecule has 3 N–H and O–H groups in total.